The first kappa shape index (κ1) is 21.1. The molecule has 0 fully saturated rings. The molecule has 0 saturated heterocycles. The van der Waals surface area contributed by atoms with E-state index in [1.807, 2.05) is 0 Å². The highest BCUT2D eigenvalue weighted by molar-refractivity contribution is 7.92. The molecule has 3 aromatic rings. The van der Waals surface area contributed by atoms with Crippen LogP contribution in [0.4, 0.5) is 5.69 Å². The molecule has 0 aliphatic carbocycles. The molecule has 9 heteroatoms. The Kier molecular flexibility index (Phi) is 6.53. The minimum Gasteiger partial charge on any atom is -0.467 e. The van der Waals surface area contributed by atoms with Crippen molar-refractivity contribution in [3.05, 3.63) is 84.3 Å². The maximum atomic E-state index is 12.5. The van der Waals surface area contributed by atoms with E-state index in [9.17, 15) is 18.0 Å². The van der Waals surface area contributed by atoms with Crippen LogP contribution in [0, 0.1) is 0 Å². The van der Waals surface area contributed by atoms with Crippen LogP contribution >= 0.6 is 0 Å². The Morgan fingerprint density at radius 2 is 1.67 bits per heavy atom. The third kappa shape index (κ3) is 5.48. The van der Waals surface area contributed by atoms with E-state index in [1.54, 1.807) is 42.5 Å². The van der Waals surface area contributed by atoms with Crippen LogP contribution in [0.2, 0.25) is 0 Å². The molecule has 1 aromatic heterocycles. The van der Waals surface area contributed by atoms with Crippen molar-refractivity contribution in [1.82, 2.24) is 10.2 Å². The van der Waals surface area contributed by atoms with Gasteiger partial charge in [0.05, 0.1) is 24.2 Å². The Hall–Kier alpha value is -3.59. The van der Waals surface area contributed by atoms with Crippen molar-refractivity contribution in [2.45, 2.75) is 11.4 Å². The molecule has 0 saturated carbocycles. The van der Waals surface area contributed by atoms with Gasteiger partial charge in [-0.1, -0.05) is 18.2 Å². The average Bonchev–Trinajstić information content (AvgIpc) is 3.26. The number of carbonyl (C=O) groups excluding carboxylic acids is 2. The second kappa shape index (κ2) is 9.27. The molecule has 30 heavy (non-hydrogen) atoms. The van der Waals surface area contributed by atoms with Gasteiger partial charge < -0.3 is 14.6 Å². The lowest BCUT2D eigenvalue weighted by atomic mass is 10.2. The zero-order chi connectivity index (χ0) is 21.6. The smallest absolute Gasteiger partial charge is 0.261 e. The van der Waals surface area contributed by atoms with E-state index in [1.165, 1.54) is 42.5 Å². The second-order valence-electron chi connectivity index (χ2n) is 6.51. The van der Waals surface area contributed by atoms with Gasteiger partial charge in [-0.2, -0.15) is 0 Å². The number of carbonyl (C=O) groups is 2. The quantitative estimate of drug-likeness (QED) is 0.574. The van der Waals surface area contributed by atoms with E-state index in [0.717, 1.165) is 0 Å². The summed E-state index contributed by atoms with van der Waals surface area (Å²) in [7, 11) is -2.28. The van der Waals surface area contributed by atoms with Gasteiger partial charge in [0.25, 0.3) is 15.9 Å². The molecule has 0 spiro atoms. The van der Waals surface area contributed by atoms with Gasteiger partial charge in [0.2, 0.25) is 5.91 Å². The van der Waals surface area contributed by atoms with Gasteiger partial charge in [-0.05, 0) is 48.5 Å². The molecule has 0 aliphatic heterocycles. The highest BCUT2D eigenvalue weighted by Crippen LogP contribution is 2.17. The summed E-state index contributed by atoms with van der Waals surface area (Å²) in [5.74, 6) is -0.130. The fourth-order valence-corrected chi connectivity index (χ4v) is 3.72. The number of sulfonamides is 1. The van der Waals surface area contributed by atoms with Crippen molar-refractivity contribution >= 4 is 27.5 Å². The first-order chi connectivity index (χ1) is 14.3. The number of para-hydroxylation sites is 1. The number of amides is 2. The minimum atomic E-state index is -3.77. The van der Waals surface area contributed by atoms with E-state index in [4.69, 9.17) is 4.42 Å². The Balaban J connectivity index is 1.59. The number of nitrogens with zero attached hydrogens (tertiary/aromatic N) is 1. The van der Waals surface area contributed by atoms with E-state index < -0.39 is 15.9 Å². The molecule has 3 rings (SSSR count). The van der Waals surface area contributed by atoms with Crippen molar-refractivity contribution in [3.8, 4) is 0 Å². The molecule has 2 amide bonds. The average molecular weight is 427 g/mol. The lowest BCUT2D eigenvalue weighted by Gasteiger charge is -2.17. The molecule has 0 unspecified atom stereocenters. The van der Waals surface area contributed by atoms with Gasteiger partial charge in [-0.3, -0.25) is 14.3 Å². The van der Waals surface area contributed by atoms with Gasteiger partial charge in [-0.25, -0.2) is 8.42 Å². The summed E-state index contributed by atoms with van der Waals surface area (Å²) in [5, 5.41) is 2.66. The largest absolute Gasteiger partial charge is 0.467 e. The van der Waals surface area contributed by atoms with E-state index >= 15 is 0 Å². The second-order valence-corrected chi connectivity index (χ2v) is 8.20. The summed E-state index contributed by atoms with van der Waals surface area (Å²) in [6.45, 7) is 0.0873. The van der Waals surface area contributed by atoms with Crippen molar-refractivity contribution in [3.63, 3.8) is 0 Å². The fraction of sp³-hybridized carbons (Fsp3) is 0.143. The van der Waals surface area contributed by atoms with Crippen LogP contribution in [0.15, 0.2) is 82.3 Å². The standard InChI is InChI=1S/C21H21N3O5S/c1-24(15-20(25)22-14-18-8-5-13-29-18)21(26)16-9-11-19(12-10-16)30(27,28)23-17-6-3-2-4-7-17/h2-13,23H,14-15H2,1H3,(H,22,25). The van der Waals surface area contributed by atoms with E-state index in [2.05, 4.69) is 10.0 Å². The Morgan fingerprint density at radius 1 is 0.967 bits per heavy atom. The van der Waals surface area contributed by atoms with Crippen LogP contribution in [-0.4, -0.2) is 38.7 Å². The summed E-state index contributed by atoms with van der Waals surface area (Å²) in [4.78, 5) is 25.8. The van der Waals surface area contributed by atoms with Gasteiger partial charge in [0, 0.05) is 18.3 Å². The van der Waals surface area contributed by atoms with Gasteiger partial charge in [0.15, 0.2) is 0 Å². The molecular formula is C21H21N3O5S. The summed E-state index contributed by atoms with van der Waals surface area (Å²) in [6.07, 6.45) is 1.51. The number of furan rings is 1. The first-order valence-electron chi connectivity index (χ1n) is 9.07. The third-order valence-electron chi connectivity index (χ3n) is 4.20. The lowest BCUT2D eigenvalue weighted by molar-refractivity contribution is -0.121. The van der Waals surface area contributed by atoms with Crippen molar-refractivity contribution < 1.29 is 22.4 Å². The molecule has 8 nitrogen and oxygen atoms in total. The Morgan fingerprint density at radius 3 is 2.30 bits per heavy atom. The maximum absolute atomic E-state index is 12.5. The molecule has 2 aromatic carbocycles. The number of nitrogens with one attached hydrogen (secondary N) is 2. The lowest BCUT2D eigenvalue weighted by Crippen LogP contribution is -2.38. The molecule has 0 radical (unpaired) electrons. The molecule has 0 bridgehead atoms. The Labute approximate surface area is 174 Å². The molecule has 1 heterocycles. The number of benzene rings is 2. The van der Waals surface area contributed by atoms with Gasteiger partial charge in [-0.15, -0.1) is 0 Å². The zero-order valence-electron chi connectivity index (χ0n) is 16.2. The number of likely N-dealkylation sites (N-methyl/N-ethyl adjacent to an activating group) is 1. The van der Waals surface area contributed by atoms with Crippen LogP contribution in [0.5, 0.6) is 0 Å². The number of anilines is 1. The highest BCUT2D eigenvalue weighted by Gasteiger charge is 2.18. The number of hydrogen-bond donors (Lipinski definition) is 2. The monoisotopic (exact) mass is 427 g/mol. The van der Waals surface area contributed by atoms with Crippen LogP contribution in [-0.2, 0) is 21.4 Å². The minimum absolute atomic E-state index is 0.0294. The number of hydrogen-bond acceptors (Lipinski definition) is 5. The molecule has 156 valence electrons. The number of rotatable bonds is 8. The Bertz CT molecular complexity index is 1100. The van der Waals surface area contributed by atoms with E-state index in [0.29, 0.717) is 11.4 Å². The molecular weight excluding hydrogens is 406 g/mol. The predicted octanol–water partition coefficient (Wildman–Crippen LogP) is 2.47. The highest BCUT2D eigenvalue weighted by atomic mass is 32.2. The molecule has 0 atom stereocenters. The normalized spacial score (nSPS) is 11.0. The van der Waals surface area contributed by atoms with Crippen molar-refractivity contribution in [1.29, 1.82) is 0 Å². The third-order valence-corrected chi connectivity index (χ3v) is 5.60. The van der Waals surface area contributed by atoms with Crippen LogP contribution < -0.4 is 10.0 Å². The predicted molar refractivity (Wildman–Crippen MR) is 111 cm³/mol. The summed E-state index contributed by atoms with van der Waals surface area (Å²) in [6, 6.07) is 17.5. The first-order valence-corrected chi connectivity index (χ1v) is 10.6. The van der Waals surface area contributed by atoms with Crippen LogP contribution in [0.3, 0.4) is 0 Å². The summed E-state index contributed by atoms with van der Waals surface area (Å²) >= 11 is 0. The zero-order valence-corrected chi connectivity index (χ0v) is 17.1. The van der Waals surface area contributed by atoms with Crippen molar-refractivity contribution in [2.24, 2.45) is 0 Å². The summed E-state index contributed by atoms with van der Waals surface area (Å²) in [5.41, 5.74) is 0.716. The van der Waals surface area contributed by atoms with Gasteiger partial charge in [0.1, 0.15) is 5.76 Å². The van der Waals surface area contributed by atoms with Crippen LogP contribution in [0.25, 0.3) is 0 Å². The fourth-order valence-electron chi connectivity index (χ4n) is 2.66. The summed E-state index contributed by atoms with van der Waals surface area (Å²) < 4.78 is 32.5. The van der Waals surface area contributed by atoms with Crippen molar-refractivity contribution in [2.75, 3.05) is 18.3 Å². The van der Waals surface area contributed by atoms with Gasteiger partial charge >= 0.3 is 0 Å². The SMILES string of the molecule is CN(CC(=O)NCc1ccco1)C(=O)c1ccc(S(=O)(=O)Nc2ccccc2)cc1. The maximum Gasteiger partial charge on any atom is 0.261 e. The van der Waals surface area contributed by atoms with E-state index in [-0.39, 0.29) is 29.5 Å². The molecule has 2 N–H and O–H groups in total. The topological polar surface area (TPSA) is 109 Å². The van der Waals surface area contributed by atoms with Crippen LogP contribution in [0.1, 0.15) is 16.1 Å². The molecule has 0 aliphatic rings.